The number of nitrogens with zero attached hydrogens (tertiary/aromatic N) is 4. The van der Waals surface area contributed by atoms with Crippen molar-refractivity contribution in [1.29, 1.82) is 0 Å². The van der Waals surface area contributed by atoms with Crippen LogP contribution in [0.15, 0.2) is 39.1 Å². The van der Waals surface area contributed by atoms with Crippen LogP contribution in [-0.4, -0.2) is 42.9 Å². The molecule has 1 aliphatic carbocycles. The number of hydrogen-bond acceptors (Lipinski definition) is 7. The molecule has 1 saturated heterocycles. The number of nitrogens with two attached hydrogens (primary N) is 2. The summed E-state index contributed by atoms with van der Waals surface area (Å²) in [6.45, 7) is 2.64. The van der Waals surface area contributed by atoms with Crippen LogP contribution >= 0.6 is 0 Å². The summed E-state index contributed by atoms with van der Waals surface area (Å²) in [5.41, 5.74) is 12.5. The number of guanidine groups is 2. The standard InChI is InChI=1S/C21H32N6O2S/c1-2-16-8-4-7-15-26(16)30(28,29)18-11-9-17(10-12-18)27-20(23)24-19(22)25-21(27)13-5-3-6-14-21/h9-12,16H,2-8,13-15H2,1H3,(H4,22,23,24,25). The highest BCUT2D eigenvalue weighted by Gasteiger charge is 2.42. The van der Waals surface area contributed by atoms with Gasteiger partial charge in [-0.2, -0.15) is 9.30 Å². The lowest BCUT2D eigenvalue weighted by atomic mass is 9.87. The number of rotatable bonds is 4. The van der Waals surface area contributed by atoms with E-state index in [1.54, 1.807) is 16.4 Å². The maximum atomic E-state index is 13.3. The minimum Gasteiger partial charge on any atom is -0.369 e. The second kappa shape index (κ2) is 8.19. The van der Waals surface area contributed by atoms with Gasteiger partial charge in [0.1, 0.15) is 5.66 Å². The Morgan fingerprint density at radius 3 is 2.43 bits per heavy atom. The third kappa shape index (κ3) is 3.69. The van der Waals surface area contributed by atoms with E-state index in [1.807, 2.05) is 17.0 Å². The Morgan fingerprint density at radius 1 is 1.07 bits per heavy atom. The van der Waals surface area contributed by atoms with E-state index in [0.29, 0.717) is 17.4 Å². The van der Waals surface area contributed by atoms with Crippen LogP contribution < -0.4 is 16.4 Å². The van der Waals surface area contributed by atoms with Gasteiger partial charge in [0.15, 0.2) is 0 Å². The molecule has 164 valence electrons. The topological polar surface area (TPSA) is 117 Å². The summed E-state index contributed by atoms with van der Waals surface area (Å²) >= 11 is 0. The average Bonchev–Trinajstić information content (AvgIpc) is 2.74. The molecule has 4 rings (SSSR count). The number of hydrogen-bond donors (Lipinski definition) is 2. The second-order valence-electron chi connectivity index (χ2n) is 8.49. The maximum Gasteiger partial charge on any atom is 0.243 e. The molecule has 9 heteroatoms. The van der Waals surface area contributed by atoms with E-state index in [2.05, 4.69) is 16.9 Å². The first-order chi connectivity index (χ1) is 14.4. The Hall–Kier alpha value is -2.13. The fourth-order valence-electron chi connectivity index (χ4n) is 5.10. The van der Waals surface area contributed by atoms with Crippen molar-refractivity contribution in [2.75, 3.05) is 11.4 Å². The zero-order valence-electron chi connectivity index (χ0n) is 17.6. The highest BCUT2D eigenvalue weighted by atomic mass is 32.2. The molecule has 0 radical (unpaired) electrons. The molecule has 4 N–H and O–H groups in total. The van der Waals surface area contributed by atoms with Crippen LogP contribution in [0, 0.1) is 0 Å². The van der Waals surface area contributed by atoms with E-state index in [-0.39, 0.29) is 12.0 Å². The number of anilines is 1. The van der Waals surface area contributed by atoms with Gasteiger partial charge in [-0.3, -0.25) is 4.90 Å². The molecule has 2 fully saturated rings. The first kappa shape index (κ1) is 21.1. The van der Waals surface area contributed by atoms with Crippen molar-refractivity contribution in [2.45, 2.75) is 81.3 Å². The van der Waals surface area contributed by atoms with Gasteiger partial charge in [0.25, 0.3) is 0 Å². The number of aliphatic imine (C=N–C) groups is 2. The first-order valence-corrected chi connectivity index (χ1v) is 12.4. The van der Waals surface area contributed by atoms with Crippen molar-refractivity contribution in [2.24, 2.45) is 21.5 Å². The number of piperidine rings is 1. The Labute approximate surface area is 179 Å². The normalized spacial score (nSPS) is 25.1. The third-order valence-corrected chi connectivity index (χ3v) is 8.56. The second-order valence-corrected chi connectivity index (χ2v) is 10.4. The van der Waals surface area contributed by atoms with Gasteiger partial charge in [0.2, 0.25) is 21.9 Å². The van der Waals surface area contributed by atoms with Crippen LogP contribution in [0.5, 0.6) is 0 Å². The Bertz CT molecular complexity index is 935. The van der Waals surface area contributed by atoms with Gasteiger partial charge in [-0.1, -0.05) is 19.8 Å². The average molecular weight is 433 g/mol. The van der Waals surface area contributed by atoms with E-state index < -0.39 is 15.7 Å². The van der Waals surface area contributed by atoms with Gasteiger partial charge in [0, 0.05) is 18.3 Å². The van der Waals surface area contributed by atoms with Crippen LogP contribution in [0.2, 0.25) is 0 Å². The largest absolute Gasteiger partial charge is 0.369 e. The fourth-order valence-corrected chi connectivity index (χ4v) is 6.86. The van der Waals surface area contributed by atoms with Crippen molar-refractivity contribution in [1.82, 2.24) is 4.31 Å². The highest BCUT2D eigenvalue weighted by molar-refractivity contribution is 7.89. The van der Waals surface area contributed by atoms with Crippen LogP contribution in [0.3, 0.4) is 0 Å². The van der Waals surface area contributed by atoms with E-state index >= 15 is 0 Å². The zero-order valence-corrected chi connectivity index (χ0v) is 18.4. The SMILES string of the molecule is CCC1CCCCN1S(=O)(=O)c1ccc(N2C(N)=NC(N)=NC23CCCCC3)cc1. The molecule has 1 spiro atoms. The third-order valence-electron chi connectivity index (χ3n) is 6.60. The maximum absolute atomic E-state index is 13.3. The Morgan fingerprint density at radius 2 is 1.77 bits per heavy atom. The molecule has 1 unspecified atom stereocenters. The van der Waals surface area contributed by atoms with Crippen molar-refractivity contribution < 1.29 is 8.42 Å². The molecule has 0 bridgehead atoms. The van der Waals surface area contributed by atoms with Crippen LogP contribution in [0.1, 0.15) is 64.7 Å². The first-order valence-electron chi connectivity index (χ1n) is 11.0. The van der Waals surface area contributed by atoms with Gasteiger partial charge in [-0.15, -0.1) is 0 Å². The van der Waals surface area contributed by atoms with Crippen molar-refractivity contribution in [3.63, 3.8) is 0 Å². The minimum atomic E-state index is -3.52. The lowest BCUT2D eigenvalue weighted by molar-refractivity contribution is 0.246. The molecule has 8 nitrogen and oxygen atoms in total. The molecule has 30 heavy (non-hydrogen) atoms. The van der Waals surface area contributed by atoms with Crippen LogP contribution in [0.25, 0.3) is 0 Å². The Balaban J connectivity index is 1.65. The van der Waals surface area contributed by atoms with Gasteiger partial charge >= 0.3 is 0 Å². The molecule has 2 heterocycles. The molecular formula is C21H32N6O2S. The van der Waals surface area contributed by atoms with E-state index in [9.17, 15) is 8.42 Å². The molecule has 3 aliphatic rings. The molecule has 0 amide bonds. The minimum absolute atomic E-state index is 0.0797. The quantitative estimate of drug-likeness (QED) is 0.758. The molecule has 1 atom stereocenters. The summed E-state index contributed by atoms with van der Waals surface area (Å²) in [6, 6.07) is 7.06. The monoisotopic (exact) mass is 432 g/mol. The summed E-state index contributed by atoms with van der Waals surface area (Å²) in [5.74, 6) is 0.516. The zero-order chi connectivity index (χ0) is 21.4. The number of benzene rings is 1. The van der Waals surface area contributed by atoms with Gasteiger partial charge in [0.05, 0.1) is 4.90 Å². The fraction of sp³-hybridized carbons (Fsp3) is 0.619. The van der Waals surface area contributed by atoms with E-state index in [4.69, 9.17) is 11.5 Å². The van der Waals surface area contributed by atoms with Crippen molar-refractivity contribution >= 4 is 27.6 Å². The van der Waals surface area contributed by atoms with E-state index in [0.717, 1.165) is 63.5 Å². The Kier molecular flexibility index (Phi) is 5.76. The van der Waals surface area contributed by atoms with Crippen LogP contribution in [-0.2, 0) is 10.0 Å². The molecule has 1 saturated carbocycles. The van der Waals surface area contributed by atoms with E-state index in [1.165, 1.54) is 0 Å². The molecular weight excluding hydrogens is 400 g/mol. The van der Waals surface area contributed by atoms with Crippen molar-refractivity contribution in [3.8, 4) is 0 Å². The highest BCUT2D eigenvalue weighted by Crippen LogP contribution is 2.39. The van der Waals surface area contributed by atoms with Gasteiger partial charge in [-0.05, 0) is 69.2 Å². The lowest BCUT2D eigenvalue weighted by Crippen LogP contribution is -2.58. The van der Waals surface area contributed by atoms with Gasteiger partial charge in [-0.25, -0.2) is 13.4 Å². The molecule has 2 aliphatic heterocycles. The predicted molar refractivity (Wildman–Crippen MR) is 120 cm³/mol. The van der Waals surface area contributed by atoms with Crippen LogP contribution in [0.4, 0.5) is 5.69 Å². The predicted octanol–water partition coefficient (Wildman–Crippen LogP) is 2.75. The lowest BCUT2D eigenvalue weighted by Gasteiger charge is -2.45. The smallest absolute Gasteiger partial charge is 0.243 e. The summed E-state index contributed by atoms with van der Waals surface area (Å²) in [5, 5.41) is 0. The molecule has 1 aromatic carbocycles. The summed E-state index contributed by atoms with van der Waals surface area (Å²) in [7, 11) is -3.52. The number of sulfonamides is 1. The molecule has 0 aromatic heterocycles. The molecule has 1 aromatic rings. The van der Waals surface area contributed by atoms with Gasteiger partial charge < -0.3 is 11.5 Å². The van der Waals surface area contributed by atoms with Crippen molar-refractivity contribution in [3.05, 3.63) is 24.3 Å². The summed E-state index contributed by atoms with van der Waals surface area (Å²) < 4.78 is 28.2. The summed E-state index contributed by atoms with van der Waals surface area (Å²) in [6.07, 6.45) is 8.69. The summed E-state index contributed by atoms with van der Waals surface area (Å²) in [4.78, 5) is 11.1.